The fourth-order valence-electron chi connectivity index (χ4n) is 2.70. The van der Waals surface area contributed by atoms with Gasteiger partial charge < -0.3 is 19.6 Å². The summed E-state index contributed by atoms with van der Waals surface area (Å²) in [6.07, 6.45) is 2.03. The fraction of sp³-hybridized carbons (Fsp3) is 0.238. The summed E-state index contributed by atoms with van der Waals surface area (Å²) < 4.78 is 11.4. The highest BCUT2D eigenvalue weighted by atomic mass is 16.5. The lowest BCUT2D eigenvalue weighted by Crippen LogP contribution is -2.07. The molecule has 1 heterocycles. The number of anilines is 1. The molecule has 6 nitrogen and oxygen atoms in total. The van der Waals surface area contributed by atoms with Crippen LogP contribution < -0.4 is 15.5 Å². The van der Waals surface area contributed by atoms with E-state index in [1.54, 1.807) is 36.4 Å². The van der Waals surface area contributed by atoms with Gasteiger partial charge >= 0.3 is 0 Å². The Bertz CT molecular complexity index is 1020. The van der Waals surface area contributed by atoms with E-state index in [9.17, 15) is 14.7 Å². The molecule has 0 aliphatic rings. The van der Waals surface area contributed by atoms with E-state index in [1.165, 1.54) is 13.0 Å². The summed E-state index contributed by atoms with van der Waals surface area (Å²) in [6.45, 7) is 4.11. The van der Waals surface area contributed by atoms with E-state index in [4.69, 9.17) is 9.15 Å². The molecule has 0 radical (unpaired) electrons. The third-order valence-electron chi connectivity index (χ3n) is 4.07. The van der Waals surface area contributed by atoms with Crippen molar-refractivity contribution in [2.24, 2.45) is 0 Å². The summed E-state index contributed by atoms with van der Waals surface area (Å²) in [4.78, 5) is 23.7. The average Bonchev–Trinajstić information content (AvgIpc) is 2.65. The lowest BCUT2D eigenvalue weighted by molar-refractivity contribution is -0.114. The van der Waals surface area contributed by atoms with Gasteiger partial charge in [0.2, 0.25) is 17.1 Å². The predicted molar refractivity (Wildman–Crippen MR) is 104 cm³/mol. The quantitative estimate of drug-likeness (QED) is 0.634. The number of rotatable bonds is 6. The average molecular weight is 367 g/mol. The van der Waals surface area contributed by atoms with E-state index in [2.05, 4.69) is 12.2 Å². The lowest BCUT2D eigenvalue weighted by Gasteiger charge is -2.09. The van der Waals surface area contributed by atoms with Gasteiger partial charge in [0.25, 0.3) is 0 Å². The Morgan fingerprint density at radius 2 is 1.93 bits per heavy atom. The summed E-state index contributed by atoms with van der Waals surface area (Å²) in [5.41, 5.74) is 0.801. The molecule has 27 heavy (non-hydrogen) atoms. The first kappa shape index (κ1) is 18.5. The second-order valence-corrected chi connectivity index (χ2v) is 6.23. The van der Waals surface area contributed by atoms with Crippen LogP contribution in [0.1, 0.15) is 26.7 Å². The van der Waals surface area contributed by atoms with Gasteiger partial charge in [-0.25, -0.2) is 0 Å². The number of hydrogen-bond donors (Lipinski definition) is 2. The van der Waals surface area contributed by atoms with Crippen LogP contribution in [-0.4, -0.2) is 17.6 Å². The van der Waals surface area contributed by atoms with Gasteiger partial charge in [-0.1, -0.05) is 13.3 Å². The number of aromatic hydroxyl groups is 1. The first-order chi connectivity index (χ1) is 13.0. The second kappa shape index (κ2) is 7.95. The van der Waals surface area contributed by atoms with Crippen molar-refractivity contribution in [2.75, 3.05) is 11.9 Å². The number of hydrogen-bond acceptors (Lipinski definition) is 5. The van der Waals surface area contributed by atoms with Gasteiger partial charge in [0.1, 0.15) is 11.3 Å². The molecule has 0 fully saturated rings. The minimum atomic E-state index is -0.554. The van der Waals surface area contributed by atoms with Crippen LogP contribution in [0, 0.1) is 0 Å². The van der Waals surface area contributed by atoms with Crippen molar-refractivity contribution >= 4 is 22.6 Å². The van der Waals surface area contributed by atoms with Crippen LogP contribution in [0.2, 0.25) is 0 Å². The molecule has 2 aromatic carbocycles. The predicted octanol–water partition coefficient (Wildman–Crippen LogP) is 4.30. The van der Waals surface area contributed by atoms with Gasteiger partial charge in [0.05, 0.1) is 12.0 Å². The number of carbonyl (C=O) groups excluding carboxylic acids is 1. The third-order valence-corrected chi connectivity index (χ3v) is 4.07. The van der Waals surface area contributed by atoms with Gasteiger partial charge in [-0.15, -0.1) is 0 Å². The highest BCUT2D eigenvalue weighted by Crippen LogP contribution is 2.31. The molecule has 0 bridgehead atoms. The molecule has 0 aliphatic heterocycles. The van der Waals surface area contributed by atoms with Crippen LogP contribution in [0.5, 0.6) is 11.5 Å². The zero-order valence-electron chi connectivity index (χ0n) is 15.2. The number of unbranched alkanes of at least 4 members (excludes halogenated alkanes) is 1. The van der Waals surface area contributed by atoms with Crippen molar-refractivity contribution < 1.29 is 19.1 Å². The molecule has 6 heteroatoms. The molecule has 0 unspecified atom stereocenters. The Labute approximate surface area is 156 Å². The summed E-state index contributed by atoms with van der Waals surface area (Å²) in [6, 6.07) is 11.7. The van der Waals surface area contributed by atoms with Gasteiger partial charge in [0.15, 0.2) is 5.76 Å². The maximum atomic E-state index is 12.6. The van der Waals surface area contributed by atoms with E-state index >= 15 is 0 Å². The number of ether oxygens (including phenoxy) is 1. The zero-order valence-corrected chi connectivity index (χ0v) is 15.2. The van der Waals surface area contributed by atoms with Crippen molar-refractivity contribution in [1.82, 2.24) is 0 Å². The molecule has 2 N–H and O–H groups in total. The summed E-state index contributed by atoms with van der Waals surface area (Å²) in [7, 11) is 0. The molecule has 0 aliphatic carbocycles. The van der Waals surface area contributed by atoms with Crippen LogP contribution >= 0.6 is 0 Å². The van der Waals surface area contributed by atoms with E-state index in [1.807, 2.05) is 0 Å². The SMILES string of the molecule is CCCCOc1ccc(-c2oc3ccc(NC(C)=O)cc3c(=O)c2O)cc1. The number of carbonyl (C=O) groups is 1. The van der Waals surface area contributed by atoms with Gasteiger partial charge in [0, 0.05) is 18.2 Å². The van der Waals surface area contributed by atoms with Crippen molar-refractivity contribution in [3.8, 4) is 22.8 Å². The van der Waals surface area contributed by atoms with Crippen LogP contribution in [0.15, 0.2) is 51.7 Å². The van der Waals surface area contributed by atoms with Crippen molar-refractivity contribution in [1.29, 1.82) is 0 Å². The number of benzene rings is 2. The summed E-state index contributed by atoms with van der Waals surface area (Å²) in [5.74, 6) is 0.0950. The van der Waals surface area contributed by atoms with Crippen LogP contribution in [0.4, 0.5) is 5.69 Å². The Balaban J connectivity index is 1.96. The molecule has 0 spiro atoms. The van der Waals surface area contributed by atoms with Crippen molar-refractivity contribution in [3.05, 3.63) is 52.7 Å². The highest BCUT2D eigenvalue weighted by molar-refractivity contribution is 5.92. The summed E-state index contributed by atoms with van der Waals surface area (Å²) >= 11 is 0. The van der Waals surface area contributed by atoms with Gasteiger partial charge in [-0.05, 0) is 48.9 Å². The first-order valence-electron chi connectivity index (χ1n) is 8.80. The van der Waals surface area contributed by atoms with Crippen LogP contribution in [0.25, 0.3) is 22.3 Å². The normalized spacial score (nSPS) is 10.7. The summed E-state index contributed by atoms with van der Waals surface area (Å²) in [5, 5.41) is 13.1. The Hall–Kier alpha value is -3.28. The number of amides is 1. The second-order valence-electron chi connectivity index (χ2n) is 6.23. The minimum Gasteiger partial charge on any atom is -0.502 e. The van der Waals surface area contributed by atoms with E-state index in [-0.39, 0.29) is 17.1 Å². The zero-order chi connectivity index (χ0) is 19.4. The van der Waals surface area contributed by atoms with Gasteiger partial charge in [-0.2, -0.15) is 0 Å². The molecule has 3 rings (SSSR count). The smallest absolute Gasteiger partial charge is 0.235 e. The molecule has 3 aromatic rings. The monoisotopic (exact) mass is 367 g/mol. The minimum absolute atomic E-state index is 0.0971. The van der Waals surface area contributed by atoms with E-state index in [0.29, 0.717) is 23.4 Å². The lowest BCUT2D eigenvalue weighted by atomic mass is 10.1. The molecular formula is C21H21NO5. The van der Waals surface area contributed by atoms with Crippen molar-refractivity contribution in [3.63, 3.8) is 0 Å². The molecule has 0 saturated carbocycles. The van der Waals surface area contributed by atoms with Crippen LogP contribution in [0.3, 0.4) is 0 Å². The van der Waals surface area contributed by atoms with Crippen molar-refractivity contribution in [2.45, 2.75) is 26.7 Å². The molecule has 140 valence electrons. The topological polar surface area (TPSA) is 88.8 Å². The van der Waals surface area contributed by atoms with E-state index < -0.39 is 11.2 Å². The molecular weight excluding hydrogens is 346 g/mol. The molecule has 1 aromatic heterocycles. The molecule has 0 saturated heterocycles. The largest absolute Gasteiger partial charge is 0.502 e. The Morgan fingerprint density at radius 3 is 2.59 bits per heavy atom. The number of fused-ring (bicyclic) bond motifs is 1. The molecule has 1 amide bonds. The maximum absolute atomic E-state index is 12.6. The van der Waals surface area contributed by atoms with E-state index in [0.717, 1.165) is 18.6 Å². The molecule has 0 atom stereocenters. The Kier molecular flexibility index (Phi) is 5.45. The van der Waals surface area contributed by atoms with Gasteiger partial charge in [-0.3, -0.25) is 9.59 Å². The number of nitrogens with one attached hydrogen (secondary N) is 1. The fourth-order valence-corrected chi connectivity index (χ4v) is 2.70. The maximum Gasteiger partial charge on any atom is 0.235 e. The highest BCUT2D eigenvalue weighted by Gasteiger charge is 2.16. The first-order valence-corrected chi connectivity index (χ1v) is 8.80. The Morgan fingerprint density at radius 1 is 1.19 bits per heavy atom. The third kappa shape index (κ3) is 4.11. The standard InChI is InChI=1S/C21H21NO5/c1-3-4-11-26-16-8-5-14(6-9-16)21-20(25)19(24)17-12-15(22-13(2)23)7-10-18(17)27-21/h5-10,12,25H,3-4,11H2,1-2H3,(H,22,23). The van der Waals surface area contributed by atoms with Crippen LogP contribution in [-0.2, 0) is 4.79 Å².